The van der Waals surface area contributed by atoms with Gasteiger partial charge in [0, 0.05) is 10.4 Å². The number of aryl methyl sites for hydroxylation is 1. The average molecular weight is 413 g/mol. The van der Waals surface area contributed by atoms with E-state index in [2.05, 4.69) is 32.2 Å². The van der Waals surface area contributed by atoms with Crippen LogP contribution in [0.2, 0.25) is 0 Å². The quantitative estimate of drug-likeness (QED) is 0.651. The average Bonchev–Trinajstić information content (AvgIpc) is 3.20. The fraction of sp³-hybridized carbons (Fsp3) is 0.111. The van der Waals surface area contributed by atoms with Gasteiger partial charge in [-0.25, -0.2) is 0 Å². The summed E-state index contributed by atoms with van der Waals surface area (Å²) in [6.45, 7) is 2.04. The minimum atomic E-state index is -0.305. The molecule has 0 saturated heterocycles. The third kappa shape index (κ3) is 2.64. The number of fused-ring (bicyclic) bond motifs is 1. The van der Waals surface area contributed by atoms with Gasteiger partial charge in [0.25, 0.3) is 0 Å². The number of nitrogens with one attached hydrogen (secondary N) is 1. The molecule has 1 atom stereocenters. The van der Waals surface area contributed by atoms with E-state index in [1.165, 1.54) is 5.56 Å². The molecule has 25 heavy (non-hydrogen) atoms. The van der Waals surface area contributed by atoms with Gasteiger partial charge in [-0.1, -0.05) is 29.8 Å². The second kappa shape index (κ2) is 6.06. The van der Waals surface area contributed by atoms with Gasteiger partial charge in [-0.15, -0.1) is 16.4 Å². The molecular weight excluding hydrogens is 400 g/mol. The van der Waals surface area contributed by atoms with Crippen molar-refractivity contribution in [2.24, 2.45) is 5.73 Å². The molecular formula is C18H13BrN4OS. The SMILES string of the molecule is Cc1ccc(-c2[nH]nc3c2[C@H](c2ccc(Br)s2)C(C#N)=C(N)O3)cc1. The second-order valence-corrected chi connectivity index (χ2v) is 8.24. The summed E-state index contributed by atoms with van der Waals surface area (Å²) < 4.78 is 6.60. The highest BCUT2D eigenvalue weighted by atomic mass is 79.9. The van der Waals surface area contributed by atoms with Gasteiger partial charge in [0.15, 0.2) is 0 Å². The van der Waals surface area contributed by atoms with Gasteiger partial charge in [-0.3, -0.25) is 5.10 Å². The first-order chi connectivity index (χ1) is 12.1. The van der Waals surface area contributed by atoms with Crippen molar-refractivity contribution in [1.29, 1.82) is 5.26 Å². The largest absolute Gasteiger partial charge is 0.420 e. The fourth-order valence-corrected chi connectivity index (χ4v) is 4.50. The minimum absolute atomic E-state index is 0.103. The number of halogens is 1. The molecule has 4 rings (SSSR count). The van der Waals surface area contributed by atoms with E-state index in [0.29, 0.717) is 11.5 Å². The molecule has 3 aromatic rings. The maximum atomic E-state index is 9.66. The lowest BCUT2D eigenvalue weighted by Gasteiger charge is -2.22. The zero-order valence-electron chi connectivity index (χ0n) is 13.2. The summed E-state index contributed by atoms with van der Waals surface area (Å²) in [5.74, 6) is 0.216. The van der Waals surface area contributed by atoms with E-state index in [1.807, 2.05) is 43.3 Å². The first-order valence-electron chi connectivity index (χ1n) is 7.56. The van der Waals surface area contributed by atoms with Crippen molar-refractivity contribution in [3.05, 3.63) is 67.6 Å². The third-order valence-corrected chi connectivity index (χ3v) is 5.85. The van der Waals surface area contributed by atoms with Gasteiger partial charge in [-0.05, 0) is 35.0 Å². The van der Waals surface area contributed by atoms with E-state index in [9.17, 15) is 5.26 Å². The smallest absolute Gasteiger partial charge is 0.244 e. The second-order valence-electron chi connectivity index (χ2n) is 5.75. The Hall–Kier alpha value is -2.56. The highest BCUT2D eigenvalue weighted by Crippen LogP contribution is 2.47. The summed E-state index contributed by atoms with van der Waals surface area (Å²) in [4.78, 5) is 1.01. The Bertz CT molecular complexity index is 1030. The number of nitrogens with two attached hydrogens (primary N) is 1. The first kappa shape index (κ1) is 15.9. The molecule has 0 unspecified atom stereocenters. The molecule has 3 heterocycles. The first-order valence-corrected chi connectivity index (χ1v) is 9.17. The van der Waals surface area contributed by atoms with Gasteiger partial charge in [0.1, 0.15) is 11.6 Å². The van der Waals surface area contributed by atoms with E-state index < -0.39 is 0 Å². The molecule has 0 saturated carbocycles. The van der Waals surface area contributed by atoms with Crippen LogP contribution < -0.4 is 10.5 Å². The summed E-state index contributed by atoms with van der Waals surface area (Å²) in [6.07, 6.45) is 0. The van der Waals surface area contributed by atoms with Crippen LogP contribution in [0.3, 0.4) is 0 Å². The summed E-state index contributed by atoms with van der Waals surface area (Å²) in [5.41, 5.74) is 10.2. The minimum Gasteiger partial charge on any atom is -0.420 e. The number of benzene rings is 1. The van der Waals surface area contributed by atoms with Crippen molar-refractivity contribution in [3.8, 4) is 23.2 Å². The summed E-state index contributed by atoms with van der Waals surface area (Å²) in [7, 11) is 0. The summed E-state index contributed by atoms with van der Waals surface area (Å²) in [5, 5.41) is 17.0. The lowest BCUT2D eigenvalue weighted by molar-refractivity contribution is 0.379. The molecule has 0 radical (unpaired) electrons. The van der Waals surface area contributed by atoms with Crippen LogP contribution >= 0.6 is 27.3 Å². The molecule has 0 spiro atoms. The monoisotopic (exact) mass is 412 g/mol. The van der Waals surface area contributed by atoms with Crippen molar-refractivity contribution < 1.29 is 4.74 Å². The van der Waals surface area contributed by atoms with Crippen LogP contribution in [-0.2, 0) is 0 Å². The number of rotatable bonds is 2. The van der Waals surface area contributed by atoms with E-state index in [1.54, 1.807) is 11.3 Å². The lowest BCUT2D eigenvalue weighted by Crippen LogP contribution is -2.20. The van der Waals surface area contributed by atoms with E-state index >= 15 is 0 Å². The maximum Gasteiger partial charge on any atom is 0.244 e. The van der Waals surface area contributed by atoms with Crippen LogP contribution in [0, 0.1) is 18.3 Å². The van der Waals surface area contributed by atoms with Gasteiger partial charge in [0.2, 0.25) is 11.8 Å². The zero-order valence-corrected chi connectivity index (χ0v) is 15.6. The van der Waals surface area contributed by atoms with Crippen LogP contribution in [0.5, 0.6) is 5.88 Å². The number of H-pyrrole nitrogens is 1. The van der Waals surface area contributed by atoms with Gasteiger partial charge < -0.3 is 10.5 Å². The molecule has 0 amide bonds. The summed E-state index contributed by atoms with van der Waals surface area (Å²) >= 11 is 5.06. The third-order valence-electron chi connectivity index (χ3n) is 4.16. The molecule has 7 heteroatoms. The van der Waals surface area contributed by atoms with E-state index in [4.69, 9.17) is 10.5 Å². The van der Waals surface area contributed by atoms with Crippen molar-refractivity contribution in [2.75, 3.05) is 0 Å². The Labute approximate surface area is 156 Å². The van der Waals surface area contributed by atoms with Crippen molar-refractivity contribution >= 4 is 27.3 Å². The highest BCUT2D eigenvalue weighted by molar-refractivity contribution is 9.11. The van der Waals surface area contributed by atoms with E-state index in [-0.39, 0.29) is 11.8 Å². The van der Waals surface area contributed by atoms with Gasteiger partial charge in [0.05, 0.1) is 21.0 Å². The van der Waals surface area contributed by atoms with Gasteiger partial charge >= 0.3 is 0 Å². The fourth-order valence-electron chi connectivity index (χ4n) is 2.95. The van der Waals surface area contributed by atoms with Crippen LogP contribution in [0.15, 0.2) is 51.6 Å². The molecule has 3 N–H and O–H groups in total. The zero-order chi connectivity index (χ0) is 17.6. The number of nitrogens with zero attached hydrogens (tertiary/aromatic N) is 2. The Kier molecular flexibility index (Phi) is 3.86. The molecule has 2 aromatic heterocycles. The van der Waals surface area contributed by atoms with Crippen molar-refractivity contribution in [3.63, 3.8) is 0 Å². The van der Waals surface area contributed by atoms with E-state index in [0.717, 1.165) is 25.5 Å². The number of aromatic nitrogens is 2. The molecule has 1 aromatic carbocycles. The lowest BCUT2D eigenvalue weighted by atomic mass is 9.87. The molecule has 1 aliphatic rings. The molecule has 0 fully saturated rings. The Balaban J connectivity index is 1.94. The van der Waals surface area contributed by atoms with Crippen LogP contribution in [-0.4, -0.2) is 10.2 Å². The van der Waals surface area contributed by atoms with Crippen molar-refractivity contribution in [1.82, 2.24) is 10.2 Å². The molecule has 1 aliphatic heterocycles. The van der Waals surface area contributed by atoms with Crippen LogP contribution in [0.4, 0.5) is 0 Å². The number of hydrogen-bond acceptors (Lipinski definition) is 5. The Morgan fingerprint density at radius 1 is 1.28 bits per heavy atom. The Morgan fingerprint density at radius 2 is 2.04 bits per heavy atom. The molecule has 0 aliphatic carbocycles. The number of allylic oxidation sites excluding steroid dienone is 1. The molecule has 124 valence electrons. The predicted molar refractivity (Wildman–Crippen MR) is 100 cm³/mol. The number of nitriles is 1. The van der Waals surface area contributed by atoms with Crippen LogP contribution in [0.25, 0.3) is 11.3 Å². The summed E-state index contributed by atoms with van der Waals surface area (Å²) in [6, 6.07) is 14.3. The normalized spacial score (nSPS) is 16.3. The topological polar surface area (TPSA) is 87.7 Å². The standard InChI is InChI=1S/C18H13BrN4OS/c1-9-2-4-10(5-3-9)16-15-14(12-6-7-13(19)25-12)11(8-20)17(21)24-18(15)23-22-16/h2-7,14H,21H2,1H3,(H,22,23)/t14-/m0/s1. The van der Waals surface area contributed by atoms with Crippen LogP contribution in [0.1, 0.15) is 21.9 Å². The molecule has 5 nitrogen and oxygen atoms in total. The number of hydrogen-bond donors (Lipinski definition) is 2. The number of aromatic amines is 1. The van der Waals surface area contributed by atoms with Gasteiger partial charge in [-0.2, -0.15) is 5.26 Å². The molecule has 0 bridgehead atoms. The number of thiophene rings is 1. The highest BCUT2D eigenvalue weighted by Gasteiger charge is 2.36. The number of ether oxygens (including phenoxy) is 1. The van der Waals surface area contributed by atoms with Crippen molar-refractivity contribution in [2.45, 2.75) is 12.8 Å². The predicted octanol–water partition coefficient (Wildman–Crippen LogP) is 4.43. The Morgan fingerprint density at radius 3 is 2.68 bits per heavy atom. The maximum absolute atomic E-state index is 9.66.